The number of aliphatic hydroxyl groups is 1. The molecule has 2 unspecified atom stereocenters. The first kappa shape index (κ1) is 25.6. The van der Waals surface area contributed by atoms with E-state index in [1.165, 1.54) is 11.8 Å². The van der Waals surface area contributed by atoms with E-state index >= 15 is 0 Å². The molecule has 16 heteroatoms. The molecule has 4 N–H and O–H groups in total. The molecule has 1 saturated heterocycles. The number of amides is 2. The number of aliphatic hydroxyl groups excluding tert-OH is 1. The van der Waals surface area contributed by atoms with Crippen LogP contribution >= 0.6 is 34.9 Å². The van der Waals surface area contributed by atoms with Crippen molar-refractivity contribution in [2.24, 2.45) is 0 Å². The first-order chi connectivity index (χ1) is 16.5. The maximum atomic E-state index is 12.8. The molecule has 4 rings (SSSR count). The maximum absolute atomic E-state index is 12.8. The minimum absolute atomic E-state index is 0.0923. The van der Waals surface area contributed by atoms with Gasteiger partial charge < -0.3 is 15.5 Å². The number of hydrogen-bond donors (Lipinski definition) is 4. The van der Waals surface area contributed by atoms with Crippen molar-refractivity contribution in [1.82, 2.24) is 20.4 Å². The van der Waals surface area contributed by atoms with Gasteiger partial charge in [-0.15, -0.1) is 22.0 Å². The molecular weight excluding hydrogens is 540 g/mol. The zero-order valence-electron chi connectivity index (χ0n) is 17.6. The van der Waals surface area contributed by atoms with E-state index in [4.69, 9.17) is 4.55 Å². The highest BCUT2D eigenvalue weighted by molar-refractivity contribution is 8.01. The van der Waals surface area contributed by atoms with Gasteiger partial charge in [0, 0.05) is 11.5 Å². The summed E-state index contributed by atoms with van der Waals surface area (Å²) in [5.41, 5.74) is 0.646. The van der Waals surface area contributed by atoms with Crippen LogP contribution in [0.1, 0.15) is 16.7 Å². The zero-order valence-corrected chi connectivity index (χ0v) is 20.9. The third-order valence-corrected chi connectivity index (χ3v) is 9.34. The number of nitrogens with zero attached hydrogens (tertiary/aromatic N) is 3. The van der Waals surface area contributed by atoms with Crippen LogP contribution in [0.15, 0.2) is 45.9 Å². The smallest absolute Gasteiger partial charge is 0.352 e. The highest BCUT2D eigenvalue weighted by Gasteiger charge is 2.54. The van der Waals surface area contributed by atoms with Crippen LogP contribution in [-0.2, 0) is 30.3 Å². The normalized spacial score (nSPS) is 20.7. The van der Waals surface area contributed by atoms with Crippen LogP contribution in [0.5, 0.6) is 0 Å². The molecule has 3 heterocycles. The molecule has 1 aromatic heterocycles. The van der Waals surface area contributed by atoms with E-state index in [1.54, 1.807) is 30.3 Å². The molecule has 0 saturated carbocycles. The molecular formula is C19H18N4O8S4. The van der Waals surface area contributed by atoms with Crippen molar-refractivity contribution in [1.29, 1.82) is 0 Å². The topological polar surface area (TPSA) is 187 Å². The summed E-state index contributed by atoms with van der Waals surface area (Å²) in [5, 5.41) is 29.5. The number of rotatable bonds is 9. The van der Waals surface area contributed by atoms with Crippen LogP contribution in [0.3, 0.4) is 0 Å². The molecule has 0 radical (unpaired) electrons. The number of thioether (sulfide) groups is 2. The average molecular weight is 559 g/mol. The maximum Gasteiger partial charge on any atom is 0.352 e. The number of carboxylic acids is 1. The second kappa shape index (κ2) is 10.2. The van der Waals surface area contributed by atoms with Gasteiger partial charge in [-0.05, 0) is 11.1 Å². The number of hydrogen-bond acceptors (Lipinski definition) is 11. The number of aromatic nitrogens is 2. The Kier molecular flexibility index (Phi) is 7.48. The lowest BCUT2D eigenvalue weighted by molar-refractivity contribution is -0.151. The fraction of sp³-hybridized carbons (Fsp3) is 0.316. The van der Waals surface area contributed by atoms with E-state index < -0.39 is 51.2 Å². The van der Waals surface area contributed by atoms with Crippen molar-refractivity contribution >= 4 is 62.8 Å². The van der Waals surface area contributed by atoms with Gasteiger partial charge in [0.25, 0.3) is 21.9 Å². The van der Waals surface area contributed by atoms with Crippen molar-refractivity contribution in [2.45, 2.75) is 27.6 Å². The lowest BCUT2D eigenvalue weighted by atomic mass is 10.0. The molecule has 0 bridgehead atoms. The Morgan fingerprint density at radius 2 is 1.97 bits per heavy atom. The molecule has 2 amide bonds. The summed E-state index contributed by atoms with van der Waals surface area (Å²) in [6.45, 7) is 0. The number of β-lactam (4-membered cyclic amide) rings is 1. The standard InChI is InChI=1S/C19H18N4O8S4/c24-14(9-4-2-1-3-5-9)15(25)20-12-16(26)23-13(18(27)28)10(6-32-17(12)23)7-33-19-22-21-11(34-19)8-35(29,30)31/h1-5,12,14,17,24H,6-8H2,(H,20,25)(H,27,28)(H,29,30,31)/t12?,14?,17-/m0/s1. The predicted molar refractivity (Wildman–Crippen MR) is 127 cm³/mol. The fourth-order valence-electron chi connectivity index (χ4n) is 3.47. The van der Waals surface area contributed by atoms with Crippen molar-refractivity contribution in [2.75, 3.05) is 11.5 Å². The molecule has 35 heavy (non-hydrogen) atoms. The van der Waals surface area contributed by atoms with E-state index in [0.29, 0.717) is 15.5 Å². The Morgan fingerprint density at radius 1 is 1.26 bits per heavy atom. The Balaban J connectivity index is 1.43. The van der Waals surface area contributed by atoms with E-state index in [2.05, 4.69) is 15.5 Å². The minimum atomic E-state index is -4.25. The summed E-state index contributed by atoms with van der Waals surface area (Å²) in [7, 11) is -4.25. The number of carboxylic acid groups (broad SMARTS) is 1. The van der Waals surface area contributed by atoms with Crippen LogP contribution in [0.2, 0.25) is 0 Å². The van der Waals surface area contributed by atoms with Gasteiger partial charge >= 0.3 is 5.97 Å². The SMILES string of the molecule is O=C(O)C1=C(CSc2nnc(CS(=O)(=O)O)s2)CS[C@H]2C(NC(=O)C(O)c3ccccc3)C(=O)N12. The van der Waals surface area contributed by atoms with Crippen molar-refractivity contribution < 1.29 is 37.6 Å². The quantitative estimate of drug-likeness (QED) is 0.190. The molecule has 2 aliphatic rings. The van der Waals surface area contributed by atoms with Crippen LogP contribution in [0, 0.1) is 0 Å². The van der Waals surface area contributed by atoms with Crippen LogP contribution in [-0.4, -0.2) is 79.0 Å². The first-order valence-corrected chi connectivity index (χ1v) is 14.3. The van der Waals surface area contributed by atoms with Gasteiger partial charge in [0.05, 0.1) is 0 Å². The highest BCUT2D eigenvalue weighted by atomic mass is 32.2. The minimum Gasteiger partial charge on any atom is -0.477 e. The molecule has 12 nitrogen and oxygen atoms in total. The van der Waals surface area contributed by atoms with E-state index in [9.17, 15) is 33.0 Å². The summed E-state index contributed by atoms with van der Waals surface area (Å²) >= 11 is 3.37. The Labute approximate surface area is 211 Å². The van der Waals surface area contributed by atoms with Crippen LogP contribution < -0.4 is 5.32 Å². The third kappa shape index (κ3) is 5.68. The van der Waals surface area contributed by atoms with Crippen molar-refractivity contribution in [3.8, 4) is 0 Å². The van der Waals surface area contributed by atoms with Crippen LogP contribution in [0.25, 0.3) is 0 Å². The number of carbonyl (C=O) groups excluding carboxylic acids is 2. The molecule has 186 valence electrons. The number of benzene rings is 1. The fourth-order valence-corrected chi connectivity index (χ4v) is 7.70. The Morgan fingerprint density at radius 3 is 2.63 bits per heavy atom. The van der Waals surface area contributed by atoms with E-state index in [1.807, 2.05) is 0 Å². The summed E-state index contributed by atoms with van der Waals surface area (Å²) in [6.07, 6.45) is -1.47. The second-order valence-electron chi connectivity index (χ2n) is 7.44. The number of carbonyl (C=O) groups is 3. The molecule has 2 aromatic rings. The number of fused-ring (bicyclic) bond motifs is 1. The van der Waals surface area contributed by atoms with Gasteiger partial charge in [0.1, 0.15) is 27.9 Å². The molecule has 0 aliphatic carbocycles. The zero-order chi connectivity index (χ0) is 25.3. The van der Waals surface area contributed by atoms with Gasteiger partial charge in [-0.2, -0.15) is 8.42 Å². The molecule has 0 spiro atoms. The number of aliphatic carboxylic acids is 1. The molecule has 1 aromatic carbocycles. The number of nitrogens with one attached hydrogen (secondary N) is 1. The Hall–Kier alpha value is -2.50. The van der Waals surface area contributed by atoms with Crippen molar-refractivity contribution in [3.63, 3.8) is 0 Å². The molecule has 2 aliphatic heterocycles. The molecule has 1 fully saturated rings. The van der Waals surface area contributed by atoms with Gasteiger partial charge in [0.2, 0.25) is 0 Å². The van der Waals surface area contributed by atoms with Gasteiger partial charge in [-0.25, -0.2) is 4.79 Å². The van der Waals surface area contributed by atoms with Crippen molar-refractivity contribution in [3.05, 3.63) is 52.2 Å². The van der Waals surface area contributed by atoms with E-state index in [-0.39, 0.29) is 22.2 Å². The van der Waals surface area contributed by atoms with E-state index in [0.717, 1.165) is 28.0 Å². The summed E-state index contributed by atoms with van der Waals surface area (Å²) < 4.78 is 31.2. The van der Waals surface area contributed by atoms with Gasteiger partial charge in [-0.3, -0.25) is 19.0 Å². The largest absolute Gasteiger partial charge is 0.477 e. The summed E-state index contributed by atoms with van der Waals surface area (Å²) in [4.78, 5) is 38.3. The summed E-state index contributed by atoms with van der Waals surface area (Å²) in [5.74, 6) is -2.88. The van der Waals surface area contributed by atoms with Gasteiger partial charge in [-0.1, -0.05) is 53.4 Å². The van der Waals surface area contributed by atoms with Gasteiger partial charge in [0.15, 0.2) is 10.4 Å². The average Bonchev–Trinajstić information content (AvgIpc) is 3.25. The monoisotopic (exact) mass is 558 g/mol. The first-order valence-electron chi connectivity index (χ1n) is 9.89. The molecule has 3 atom stereocenters. The third-order valence-electron chi connectivity index (χ3n) is 5.04. The highest BCUT2D eigenvalue weighted by Crippen LogP contribution is 2.42. The lowest BCUT2D eigenvalue weighted by Crippen LogP contribution is -2.70. The lowest BCUT2D eigenvalue weighted by Gasteiger charge is -2.49. The predicted octanol–water partition coefficient (Wildman–Crippen LogP) is 0.490. The Bertz CT molecular complexity index is 1300. The summed E-state index contributed by atoms with van der Waals surface area (Å²) in [6, 6.07) is 7.25. The second-order valence-corrected chi connectivity index (χ2v) is 12.3. The van der Waals surface area contributed by atoms with Crippen LogP contribution in [0.4, 0.5) is 0 Å².